The molecule has 0 radical (unpaired) electrons. The van der Waals surface area contributed by atoms with Gasteiger partial charge in [-0.1, -0.05) is 25.7 Å². The van der Waals surface area contributed by atoms with Crippen molar-refractivity contribution in [3.8, 4) is 0 Å². The molecule has 2 bridgehead atoms. The van der Waals surface area contributed by atoms with E-state index in [1.807, 2.05) is 0 Å². The van der Waals surface area contributed by atoms with Gasteiger partial charge in [-0.15, -0.1) is 0 Å². The van der Waals surface area contributed by atoms with E-state index in [9.17, 15) is 9.59 Å². The van der Waals surface area contributed by atoms with Gasteiger partial charge >= 0.3 is 11.9 Å². The standard InChI is InChI=1S/C27H43N5O4/c1-3-35-26(33)18-15-19(27(34)36-4-2)25-17-31-23-12-8-6-10-21(23)29-14-13-28-20-9-5-7-11-22(20)30-16-24(18)32-25/h15,20-23,28-31H,3-14,16-17H2,1-2H3/t20-,21-,22-,23-/m1/s1. The minimum Gasteiger partial charge on any atom is -0.462 e. The second-order valence-corrected chi connectivity index (χ2v) is 10.1. The molecule has 0 amide bonds. The number of carbonyl (C=O) groups is 2. The molecule has 0 unspecified atom stereocenters. The van der Waals surface area contributed by atoms with E-state index in [4.69, 9.17) is 14.5 Å². The van der Waals surface area contributed by atoms with Crippen molar-refractivity contribution < 1.29 is 19.1 Å². The first-order chi connectivity index (χ1) is 17.6. The number of nitrogens with zero attached hydrogens (tertiary/aromatic N) is 1. The summed E-state index contributed by atoms with van der Waals surface area (Å²) in [6, 6.07) is 3.00. The maximum Gasteiger partial charge on any atom is 0.340 e. The molecule has 1 aromatic rings. The summed E-state index contributed by atoms with van der Waals surface area (Å²) in [5, 5.41) is 14.9. The Labute approximate surface area is 214 Å². The van der Waals surface area contributed by atoms with Crippen LogP contribution in [0.1, 0.15) is 97.3 Å². The van der Waals surface area contributed by atoms with Crippen molar-refractivity contribution in [2.75, 3.05) is 26.3 Å². The Balaban J connectivity index is 1.69. The summed E-state index contributed by atoms with van der Waals surface area (Å²) in [7, 11) is 0. The van der Waals surface area contributed by atoms with E-state index in [2.05, 4.69) is 21.3 Å². The summed E-state index contributed by atoms with van der Waals surface area (Å²) in [5.74, 6) is -0.917. The maximum absolute atomic E-state index is 12.9. The highest BCUT2D eigenvalue weighted by Gasteiger charge is 2.29. The van der Waals surface area contributed by atoms with Crippen LogP contribution in [0.2, 0.25) is 0 Å². The fourth-order valence-electron chi connectivity index (χ4n) is 5.84. The average molecular weight is 502 g/mol. The summed E-state index contributed by atoms with van der Waals surface area (Å²) in [6.45, 7) is 6.82. The Bertz CT molecular complexity index is 828. The first kappa shape index (κ1) is 27.0. The van der Waals surface area contributed by atoms with Crippen LogP contribution in [0.4, 0.5) is 0 Å². The number of pyridine rings is 1. The molecule has 4 rings (SSSR count). The van der Waals surface area contributed by atoms with E-state index in [0.29, 0.717) is 59.8 Å². The quantitative estimate of drug-likeness (QED) is 0.462. The molecule has 2 heterocycles. The van der Waals surface area contributed by atoms with Crippen LogP contribution in [-0.2, 0) is 22.6 Å². The molecule has 4 N–H and O–H groups in total. The summed E-state index contributed by atoms with van der Waals surface area (Å²) in [6.07, 6.45) is 9.26. The summed E-state index contributed by atoms with van der Waals surface area (Å²) < 4.78 is 10.7. The zero-order valence-electron chi connectivity index (χ0n) is 21.9. The van der Waals surface area contributed by atoms with Gasteiger partial charge in [-0.05, 0) is 45.6 Å². The molecule has 36 heavy (non-hydrogen) atoms. The van der Waals surface area contributed by atoms with Crippen LogP contribution < -0.4 is 21.3 Å². The zero-order chi connectivity index (χ0) is 25.3. The molecule has 2 aliphatic carbocycles. The van der Waals surface area contributed by atoms with Gasteiger partial charge in [0.05, 0.1) is 35.7 Å². The Morgan fingerprint density at radius 1 is 0.722 bits per heavy atom. The minimum atomic E-state index is -0.459. The van der Waals surface area contributed by atoms with Crippen molar-refractivity contribution >= 4 is 11.9 Å². The van der Waals surface area contributed by atoms with Crippen molar-refractivity contribution in [1.82, 2.24) is 26.3 Å². The molecule has 1 aliphatic heterocycles. The average Bonchev–Trinajstić information content (AvgIpc) is 2.89. The van der Waals surface area contributed by atoms with Gasteiger partial charge in [-0.25, -0.2) is 9.59 Å². The van der Waals surface area contributed by atoms with Crippen LogP contribution in [0.3, 0.4) is 0 Å². The molecule has 3 aliphatic rings. The molecule has 0 saturated heterocycles. The van der Waals surface area contributed by atoms with Gasteiger partial charge in [0.15, 0.2) is 0 Å². The van der Waals surface area contributed by atoms with Crippen molar-refractivity contribution in [2.24, 2.45) is 0 Å². The molecule has 9 nitrogen and oxygen atoms in total. The Hall–Kier alpha value is -2.07. The minimum absolute atomic E-state index is 0.258. The van der Waals surface area contributed by atoms with Gasteiger partial charge in [0.2, 0.25) is 0 Å². The van der Waals surface area contributed by atoms with Crippen molar-refractivity contribution in [1.29, 1.82) is 0 Å². The molecule has 1 aromatic heterocycles. The van der Waals surface area contributed by atoms with Crippen molar-refractivity contribution in [3.63, 3.8) is 0 Å². The number of hydrogen-bond donors (Lipinski definition) is 4. The Kier molecular flexibility index (Phi) is 10.1. The lowest BCUT2D eigenvalue weighted by molar-refractivity contribution is 0.0522. The van der Waals surface area contributed by atoms with Crippen LogP contribution >= 0.6 is 0 Å². The molecule has 4 atom stereocenters. The number of esters is 2. The molecule has 2 saturated carbocycles. The summed E-state index contributed by atoms with van der Waals surface area (Å²) in [5.41, 5.74) is 1.91. The predicted octanol–water partition coefficient (Wildman–Crippen LogP) is 2.43. The van der Waals surface area contributed by atoms with Crippen molar-refractivity contribution in [3.05, 3.63) is 28.6 Å². The van der Waals surface area contributed by atoms with Gasteiger partial charge in [0, 0.05) is 50.3 Å². The number of carbonyl (C=O) groups excluding carboxylic acids is 2. The highest BCUT2D eigenvalue weighted by molar-refractivity contribution is 5.96. The molecule has 0 aromatic carbocycles. The predicted molar refractivity (Wildman–Crippen MR) is 138 cm³/mol. The highest BCUT2D eigenvalue weighted by atomic mass is 16.5. The van der Waals surface area contributed by atoms with E-state index in [0.717, 1.165) is 38.8 Å². The number of nitrogens with one attached hydrogen (secondary N) is 4. The van der Waals surface area contributed by atoms with Gasteiger partial charge in [0.25, 0.3) is 0 Å². The van der Waals surface area contributed by atoms with E-state index in [1.54, 1.807) is 19.9 Å². The lowest BCUT2D eigenvalue weighted by Crippen LogP contribution is -2.53. The largest absolute Gasteiger partial charge is 0.462 e. The third-order valence-corrected chi connectivity index (χ3v) is 7.70. The van der Waals surface area contributed by atoms with Gasteiger partial charge in [0.1, 0.15) is 0 Å². The van der Waals surface area contributed by atoms with E-state index >= 15 is 0 Å². The normalized spacial score (nSPS) is 27.5. The zero-order valence-corrected chi connectivity index (χ0v) is 21.9. The summed E-state index contributed by atoms with van der Waals surface area (Å²) >= 11 is 0. The van der Waals surface area contributed by atoms with E-state index in [1.165, 1.54) is 25.7 Å². The summed E-state index contributed by atoms with van der Waals surface area (Å²) in [4.78, 5) is 30.7. The van der Waals surface area contributed by atoms with Gasteiger partial charge in [-0.2, -0.15) is 0 Å². The SMILES string of the molecule is CCOC(=O)c1cc(C(=O)OCC)c2nc1CN[C@@H]1CCCC[C@H]1NCCN[C@@H]1CCCC[C@H]1NC2. The molecule has 2 fully saturated rings. The third-order valence-electron chi connectivity index (χ3n) is 7.70. The van der Waals surface area contributed by atoms with Crippen LogP contribution in [0, 0.1) is 0 Å². The number of hydrogen-bond acceptors (Lipinski definition) is 9. The van der Waals surface area contributed by atoms with Gasteiger partial charge in [-0.3, -0.25) is 4.98 Å². The fourth-order valence-corrected chi connectivity index (χ4v) is 5.84. The Morgan fingerprint density at radius 2 is 1.11 bits per heavy atom. The first-order valence-corrected chi connectivity index (χ1v) is 13.9. The lowest BCUT2D eigenvalue weighted by Gasteiger charge is -2.34. The lowest BCUT2D eigenvalue weighted by atomic mass is 9.89. The Morgan fingerprint density at radius 3 is 1.50 bits per heavy atom. The van der Waals surface area contributed by atoms with E-state index in [-0.39, 0.29) is 13.2 Å². The van der Waals surface area contributed by atoms with Crippen molar-refractivity contribution in [2.45, 2.75) is 102 Å². The molecule has 200 valence electrons. The highest BCUT2D eigenvalue weighted by Crippen LogP contribution is 2.23. The topological polar surface area (TPSA) is 114 Å². The number of rotatable bonds is 4. The molecular formula is C27H43N5O4. The van der Waals surface area contributed by atoms with Gasteiger partial charge < -0.3 is 30.7 Å². The molecular weight excluding hydrogens is 458 g/mol. The smallest absolute Gasteiger partial charge is 0.340 e. The second-order valence-electron chi connectivity index (χ2n) is 10.1. The number of fused-ring (bicyclic) bond motifs is 4. The number of aromatic nitrogens is 1. The van der Waals surface area contributed by atoms with Crippen LogP contribution in [0.25, 0.3) is 0 Å². The van der Waals surface area contributed by atoms with E-state index < -0.39 is 11.9 Å². The number of ether oxygens (including phenoxy) is 2. The van der Waals surface area contributed by atoms with Crippen LogP contribution in [-0.4, -0.2) is 67.4 Å². The maximum atomic E-state index is 12.9. The molecule has 0 spiro atoms. The van der Waals surface area contributed by atoms with Crippen LogP contribution in [0.15, 0.2) is 6.07 Å². The third kappa shape index (κ3) is 6.82. The first-order valence-electron chi connectivity index (χ1n) is 13.9. The fraction of sp³-hybridized carbons (Fsp3) is 0.741. The molecule has 9 heteroatoms. The second kappa shape index (κ2) is 13.5. The van der Waals surface area contributed by atoms with Crippen LogP contribution in [0.5, 0.6) is 0 Å². The monoisotopic (exact) mass is 501 g/mol.